The van der Waals surface area contributed by atoms with Crippen LogP contribution in [-0.2, 0) is 6.42 Å². The molecule has 0 bridgehead atoms. The number of hydrogen-bond acceptors (Lipinski definition) is 2. The molecule has 0 aliphatic rings. The number of aliphatic hydroxyl groups excluding tert-OH is 1. The minimum atomic E-state index is -4.74. The highest BCUT2D eigenvalue weighted by Gasteiger charge is 2.36. The molecule has 0 atom stereocenters. The van der Waals surface area contributed by atoms with Gasteiger partial charge in [-0.2, -0.15) is 13.2 Å². The third kappa shape index (κ3) is 4.56. The molecule has 5 heteroatoms. The topological polar surface area (TPSA) is 20.2 Å². The van der Waals surface area contributed by atoms with E-state index in [0.717, 1.165) is 11.8 Å². The molecule has 1 N–H and O–H groups in total. The van der Waals surface area contributed by atoms with Crippen LogP contribution in [0.5, 0.6) is 0 Å². The van der Waals surface area contributed by atoms with Gasteiger partial charge in [-0.25, -0.2) is 0 Å². The first-order chi connectivity index (χ1) is 9.97. The highest BCUT2D eigenvalue weighted by Crippen LogP contribution is 2.36. The second-order valence-corrected chi connectivity index (χ2v) is 5.52. The third-order valence-electron chi connectivity index (χ3n) is 2.72. The Hall–Kier alpha value is -1.88. The molecule has 2 aromatic carbocycles. The van der Waals surface area contributed by atoms with Crippen molar-refractivity contribution in [3.8, 4) is 0 Å². The van der Waals surface area contributed by atoms with Gasteiger partial charge in [-0.05, 0) is 17.7 Å². The van der Waals surface area contributed by atoms with Gasteiger partial charge in [-0.15, -0.1) is 0 Å². The quantitative estimate of drug-likeness (QED) is 0.606. The fraction of sp³-hybridized carbons (Fsp3) is 0.125. The summed E-state index contributed by atoms with van der Waals surface area (Å²) in [4.78, 5) is 0.541. The van der Waals surface area contributed by atoms with Gasteiger partial charge in [0.1, 0.15) is 0 Å². The van der Waals surface area contributed by atoms with Crippen molar-refractivity contribution in [1.29, 1.82) is 0 Å². The van der Waals surface area contributed by atoms with Crippen LogP contribution in [0.3, 0.4) is 0 Å². The summed E-state index contributed by atoms with van der Waals surface area (Å²) in [6.45, 7) is 0. The number of allylic oxidation sites excluding steroid dienone is 2. The molecule has 0 radical (unpaired) electrons. The highest BCUT2D eigenvalue weighted by molar-refractivity contribution is 8.03. The Bertz CT molecular complexity index is 563. The molecule has 0 unspecified atom stereocenters. The summed E-state index contributed by atoms with van der Waals surface area (Å²) in [5.74, 6) is -1.53. The van der Waals surface area contributed by atoms with Crippen LogP contribution in [0.15, 0.2) is 76.2 Å². The maximum absolute atomic E-state index is 12.8. The van der Waals surface area contributed by atoms with Gasteiger partial charge in [0, 0.05) is 16.2 Å². The van der Waals surface area contributed by atoms with Crippen LogP contribution in [0.25, 0.3) is 0 Å². The molecule has 1 nitrogen and oxygen atoms in total. The molecule has 0 heterocycles. The van der Waals surface area contributed by atoms with Crippen molar-refractivity contribution >= 4 is 11.8 Å². The Morgan fingerprint density at radius 2 is 1.43 bits per heavy atom. The summed E-state index contributed by atoms with van der Waals surface area (Å²) in [6.07, 6.45) is -4.71. The summed E-state index contributed by atoms with van der Waals surface area (Å²) >= 11 is 0.928. The molecule has 0 aliphatic carbocycles. The molecular formula is C16H13F3OS. The van der Waals surface area contributed by atoms with Crippen LogP contribution >= 0.6 is 11.8 Å². The Kier molecular flexibility index (Phi) is 4.96. The van der Waals surface area contributed by atoms with E-state index in [1.54, 1.807) is 60.7 Å². The van der Waals surface area contributed by atoms with Crippen molar-refractivity contribution in [2.75, 3.05) is 0 Å². The number of aliphatic hydroxyl groups is 1. The van der Waals surface area contributed by atoms with Crippen LogP contribution in [0.2, 0.25) is 0 Å². The average molecular weight is 310 g/mol. The minimum absolute atomic E-state index is 0.0335. The lowest BCUT2D eigenvalue weighted by atomic mass is 10.1. The molecule has 0 aliphatic heterocycles. The van der Waals surface area contributed by atoms with E-state index in [1.807, 2.05) is 0 Å². The largest absolute Gasteiger partial charge is 0.504 e. The van der Waals surface area contributed by atoms with Gasteiger partial charge in [0.15, 0.2) is 0 Å². The first-order valence-corrected chi connectivity index (χ1v) is 7.04. The molecular weight excluding hydrogens is 297 g/mol. The lowest BCUT2D eigenvalue weighted by Crippen LogP contribution is -2.14. The Balaban J connectivity index is 2.31. The van der Waals surface area contributed by atoms with Crippen LogP contribution in [0.4, 0.5) is 13.2 Å². The summed E-state index contributed by atoms with van der Waals surface area (Å²) in [5, 5.41) is 9.50. The molecule has 21 heavy (non-hydrogen) atoms. The monoisotopic (exact) mass is 310 g/mol. The van der Waals surface area contributed by atoms with Gasteiger partial charge in [-0.1, -0.05) is 60.3 Å². The van der Waals surface area contributed by atoms with E-state index >= 15 is 0 Å². The predicted molar refractivity (Wildman–Crippen MR) is 78.2 cm³/mol. The summed E-state index contributed by atoms with van der Waals surface area (Å²) in [7, 11) is 0. The average Bonchev–Trinajstić information content (AvgIpc) is 2.47. The number of rotatable bonds is 4. The summed E-state index contributed by atoms with van der Waals surface area (Å²) < 4.78 is 38.4. The lowest BCUT2D eigenvalue weighted by molar-refractivity contribution is -0.121. The van der Waals surface area contributed by atoms with E-state index in [-0.39, 0.29) is 11.3 Å². The first-order valence-electron chi connectivity index (χ1n) is 6.23. The molecule has 0 amide bonds. The van der Waals surface area contributed by atoms with Crippen LogP contribution in [-0.4, -0.2) is 11.3 Å². The van der Waals surface area contributed by atoms with Gasteiger partial charge < -0.3 is 5.11 Å². The number of halogens is 3. The zero-order valence-corrected chi connectivity index (χ0v) is 11.8. The SMILES string of the molecule is O/C(=C(/Cc1ccccc1)Sc1ccccc1)C(F)(F)F. The zero-order chi connectivity index (χ0) is 15.3. The van der Waals surface area contributed by atoms with E-state index < -0.39 is 11.9 Å². The second-order valence-electron chi connectivity index (χ2n) is 4.35. The van der Waals surface area contributed by atoms with Crippen LogP contribution in [0, 0.1) is 0 Å². The maximum atomic E-state index is 12.8. The van der Waals surface area contributed by atoms with Gasteiger partial charge in [-0.3, -0.25) is 0 Å². The first kappa shape index (κ1) is 15.5. The fourth-order valence-electron chi connectivity index (χ4n) is 1.74. The molecule has 0 saturated heterocycles. The molecule has 2 rings (SSSR count). The highest BCUT2D eigenvalue weighted by atomic mass is 32.2. The summed E-state index contributed by atoms with van der Waals surface area (Å²) in [5.41, 5.74) is 0.715. The van der Waals surface area contributed by atoms with Crippen molar-refractivity contribution in [1.82, 2.24) is 0 Å². The summed E-state index contributed by atoms with van der Waals surface area (Å²) in [6, 6.07) is 17.5. The van der Waals surface area contributed by atoms with E-state index in [1.165, 1.54) is 0 Å². The van der Waals surface area contributed by atoms with E-state index in [2.05, 4.69) is 0 Å². The molecule has 0 fully saturated rings. The zero-order valence-electron chi connectivity index (χ0n) is 11.0. The van der Waals surface area contributed by atoms with Gasteiger partial charge in [0.05, 0.1) is 0 Å². The lowest BCUT2D eigenvalue weighted by Gasteiger charge is -2.13. The number of hydrogen-bond donors (Lipinski definition) is 1. The van der Waals surface area contributed by atoms with Crippen molar-refractivity contribution < 1.29 is 18.3 Å². The number of thioether (sulfide) groups is 1. The Morgan fingerprint density at radius 1 is 0.905 bits per heavy atom. The Morgan fingerprint density at radius 3 is 1.95 bits per heavy atom. The van der Waals surface area contributed by atoms with Crippen molar-refractivity contribution in [2.45, 2.75) is 17.5 Å². The Labute approximate surface area is 125 Å². The molecule has 2 aromatic rings. The van der Waals surface area contributed by atoms with Crippen molar-refractivity contribution in [3.63, 3.8) is 0 Å². The van der Waals surface area contributed by atoms with E-state index in [4.69, 9.17) is 0 Å². The predicted octanol–water partition coefficient (Wildman–Crippen LogP) is 5.35. The van der Waals surface area contributed by atoms with Gasteiger partial charge in [0.2, 0.25) is 5.76 Å². The minimum Gasteiger partial charge on any atom is -0.504 e. The van der Waals surface area contributed by atoms with Crippen molar-refractivity contribution in [2.24, 2.45) is 0 Å². The maximum Gasteiger partial charge on any atom is 0.449 e. The number of alkyl halides is 3. The van der Waals surface area contributed by atoms with Gasteiger partial charge >= 0.3 is 6.18 Å². The van der Waals surface area contributed by atoms with E-state index in [9.17, 15) is 18.3 Å². The molecule has 0 saturated carbocycles. The smallest absolute Gasteiger partial charge is 0.449 e. The van der Waals surface area contributed by atoms with Crippen LogP contribution < -0.4 is 0 Å². The molecule has 110 valence electrons. The van der Waals surface area contributed by atoms with E-state index in [0.29, 0.717) is 10.5 Å². The fourth-order valence-corrected chi connectivity index (χ4v) is 2.77. The van der Waals surface area contributed by atoms with Crippen LogP contribution in [0.1, 0.15) is 5.56 Å². The third-order valence-corrected chi connectivity index (χ3v) is 3.82. The molecule has 0 aromatic heterocycles. The second kappa shape index (κ2) is 6.72. The number of benzene rings is 2. The van der Waals surface area contributed by atoms with Gasteiger partial charge in [0.25, 0.3) is 0 Å². The van der Waals surface area contributed by atoms with Crippen molar-refractivity contribution in [3.05, 3.63) is 76.9 Å². The normalized spacial score (nSPS) is 12.9. The standard InChI is InChI=1S/C16H13F3OS/c17-16(18,19)15(20)14(11-12-7-3-1-4-8-12)21-13-9-5-2-6-10-13/h1-10,20H,11H2/b15-14-. The molecule has 0 spiro atoms.